The maximum Gasteiger partial charge on any atom is 0.326 e. The van der Waals surface area contributed by atoms with Gasteiger partial charge in [-0.15, -0.1) is 0 Å². The Morgan fingerprint density at radius 3 is 2.37 bits per heavy atom. The highest BCUT2D eigenvalue weighted by molar-refractivity contribution is 6.08. The number of unbranched alkanes of at least 4 members (excludes halogenated alkanes) is 1. The number of hydrogen-bond acceptors (Lipinski definition) is 5. The summed E-state index contributed by atoms with van der Waals surface area (Å²) < 4.78 is 5.11. The van der Waals surface area contributed by atoms with E-state index in [0.717, 1.165) is 4.90 Å². The van der Waals surface area contributed by atoms with Crippen LogP contribution in [-0.4, -0.2) is 53.6 Å². The molecule has 7 heteroatoms. The molecular weight excluding hydrogens is 252 g/mol. The fraction of sp³-hybridized carbons (Fsp3) is 0.750. The largest absolute Gasteiger partial charge is 0.480 e. The van der Waals surface area contributed by atoms with E-state index in [4.69, 9.17) is 10.5 Å². The number of carboxylic acid groups (broad SMARTS) is 1. The van der Waals surface area contributed by atoms with Crippen LogP contribution >= 0.6 is 0 Å². The number of imide groups is 1. The zero-order valence-corrected chi connectivity index (χ0v) is 10.6. The Kier molecular flexibility index (Phi) is 4.16. The van der Waals surface area contributed by atoms with Crippen molar-refractivity contribution in [1.29, 1.82) is 0 Å². The lowest BCUT2D eigenvalue weighted by atomic mass is 10.00. The van der Waals surface area contributed by atoms with Crippen LogP contribution in [-0.2, 0) is 19.1 Å². The van der Waals surface area contributed by atoms with Crippen molar-refractivity contribution in [3.8, 4) is 0 Å². The van der Waals surface area contributed by atoms with Crippen molar-refractivity contribution >= 4 is 17.8 Å². The summed E-state index contributed by atoms with van der Waals surface area (Å²) in [6.45, 7) is 0.884. The summed E-state index contributed by atoms with van der Waals surface area (Å²) in [7, 11) is 0. The number of carbonyl (C=O) groups excluding carboxylic acids is 2. The third-order valence-corrected chi connectivity index (χ3v) is 3.72. The number of nitrogens with two attached hydrogens (primary N) is 1. The second-order valence-corrected chi connectivity index (χ2v) is 4.94. The molecule has 2 heterocycles. The van der Waals surface area contributed by atoms with Crippen LogP contribution in [0.15, 0.2) is 0 Å². The van der Waals surface area contributed by atoms with Crippen LogP contribution in [0.4, 0.5) is 0 Å². The number of nitrogens with zero attached hydrogens (tertiary/aromatic N) is 1. The molecule has 0 saturated carbocycles. The van der Waals surface area contributed by atoms with Crippen molar-refractivity contribution in [2.45, 2.75) is 25.3 Å². The quantitative estimate of drug-likeness (QED) is 0.483. The molecule has 2 saturated heterocycles. The predicted octanol–water partition coefficient (Wildman–Crippen LogP) is -0.800. The van der Waals surface area contributed by atoms with Crippen LogP contribution in [0, 0.1) is 11.8 Å². The predicted molar refractivity (Wildman–Crippen MR) is 64.0 cm³/mol. The van der Waals surface area contributed by atoms with E-state index < -0.39 is 35.7 Å². The topological polar surface area (TPSA) is 110 Å². The van der Waals surface area contributed by atoms with Gasteiger partial charge >= 0.3 is 5.97 Å². The minimum Gasteiger partial charge on any atom is -0.480 e. The minimum atomic E-state index is -1.14. The van der Waals surface area contributed by atoms with Gasteiger partial charge in [0.15, 0.2) is 0 Å². The molecule has 2 unspecified atom stereocenters. The SMILES string of the molecule is NCCCC[C@@H](C(=O)O)N1C(=O)C2COCC2C1=O. The van der Waals surface area contributed by atoms with Crippen LogP contribution in [0.1, 0.15) is 19.3 Å². The molecule has 0 bridgehead atoms. The molecule has 7 nitrogen and oxygen atoms in total. The maximum atomic E-state index is 12.1. The van der Waals surface area contributed by atoms with Crippen LogP contribution in [0.3, 0.4) is 0 Å². The number of amides is 2. The zero-order chi connectivity index (χ0) is 14.0. The van der Waals surface area contributed by atoms with Crippen LogP contribution in [0.25, 0.3) is 0 Å². The molecule has 2 rings (SSSR count). The molecule has 0 radical (unpaired) electrons. The van der Waals surface area contributed by atoms with Gasteiger partial charge < -0.3 is 15.6 Å². The zero-order valence-electron chi connectivity index (χ0n) is 10.6. The third kappa shape index (κ3) is 2.48. The number of aliphatic carboxylic acids is 1. The summed E-state index contributed by atoms with van der Waals surface area (Å²) in [4.78, 5) is 36.4. The van der Waals surface area contributed by atoms with Crippen molar-refractivity contribution in [2.75, 3.05) is 19.8 Å². The van der Waals surface area contributed by atoms with Crippen LogP contribution in [0.2, 0.25) is 0 Å². The number of ether oxygens (including phenoxy) is 1. The molecule has 0 aromatic carbocycles. The van der Waals surface area contributed by atoms with Gasteiger partial charge in [-0.25, -0.2) is 4.79 Å². The Morgan fingerprint density at radius 1 is 1.32 bits per heavy atom. The average molecular weight is 270 g/mol. The molecular formula is C12H18N2O5. The summed E-state index contributed by atoms with van der Waals surface area (Å²) in [6, 6.07) is -1.07. The highest BCUT2D eigenvalue weighted by atomic mass is 16.5. The van der Waals surface area contributed by atoms with E-state index in [9.17, 15) is 19.5 Å². The Hall–Kier alpha value is -1.47. The molecule has 0 aliphatic carbocycles. The highest BCUT2D eigenvalue weighted by Crippen LogP contribution is 2.33. The van der Waals surface area contributed by atoms with Crippen LogP contribution < -0.4 is 5.73 Å². The Bertz CT molecular complexity index is 376. The minimum absolute atomic E-state index is 0.209. The Labute approximate surface area is 110 Å². The fourth-order valence-corrected chi connectivity index (χ4v) is 2.66. The summed E-state index contributed by atoms with van der Waals surface area (Å²) in [6.07, 6.45) is 1.51. The van der Waals surface area contributed by atoms with E-state index in [1.165, 1.54) is 0 Å². The number of carbonyl (C=O) groups is 3. The molecule has 0 spiro atoms. The number of likely N-dealkylation sites (tertiary alicyclic amines) is 1. The Balaban J connectivity index is 2.11. The lowest BCUT2D eigenvalue weighted by Crippen LogP contribution is -2.46. The molecule has 2 fully saturated rings. The van der Waals surface area contributed by atoms with Crippen molar-refractivity contribution < 1.29 is 24.2 Å². The van der Waals surface area contributed by atoms with Gasteiger partial charge in [-0.05, 0) is 25.8 Å². The molecule has 2 amide bonds. The summed E-state index contributed by atoms with van der Waals surface area (Å²) in [5.41, 5.74) is 5.36. The first kappa shape index (κ1) is 14.0. The fourth-order valence-electron chi connectivity index (χ4n) is 2.66. The van der Waals surface area contributed by atoms with Crippen molar-refractivity contribution in [3.63, 3.8) is 0 Å². The van der Waals surface area contributed by atoms with E-state index >= 15 is 0 Å². The molecule has 0 aromatic rings. The molecule has 2 aliphatic rings. The first-order valence-corrected chi connectivity index (χ1v) is 6.45. The van der Waals surface area contributed by atoms with Gasteiger partial charge in [0.1, 0.15) is 6.04 Å². The normalized spacial score (nSPS) is 27.7. The summed E-state index contributed by atoms with van der Waals surface area (Å²) in [5, 5.41) is 9.22. The van der Waals surface area contributed by atoms with E-state index in [1.807, 2.05) is 0 Å². The first-order valence-electron chi connectivity index (χ1n) is 6.45. The number of fused-ring (bicyclic) bond motifs is 1. The summed E-state index contributed by atoms with van der Waals surface area (Å²) >= 11 is 0. The van der Waals surface area contributed by atoms with E-state index in [1.54, 1.807) is 0 Å². The molecule has 0 aromatic heterocycles. The molecule has 106 valence electrons. The van der Waals surface area contributed by atoms with E-state index in [0.29, 0.717) is 19.4 Å². The van der Waals surface area contributed by atoms with Gasteiger partial charge in [-0.1, -0.05) is 0 Å². The molecule has 3 N–H and O–H groups in total. The lowest BCUT2D eigenvalue weighted by Gasteiger charge is -2.23. The van der Waals surface area contributed by atoms with E-state index in [2.05, 4.69) is 0 Å². The monoisotopic (exact) mass is 270 g/mol. The van der Waals surface area contributed by atoms with Gasteiger partial charge in [0.05, 0.1) is 25.0 Å². The standard InChI is InChI=1S/C12H18N2O5/c13-4-2-1-3-9(12(17)18)14-10(15)7-5-19-6-8(7)11(14)16/h7-9H,1-6,13H2,(H,17,18)/t7?,8?,9-/m0/s1. The smallest absolute Gasteiger partial charge is 0.326 e. The van der Waals surface area contributed by atoms with Gasteiger partial charge in [-0.3, -0.25) is 14.5 Å². The van der Waals surface area contributed by atoms with Gasteiger partial charge in [0.25, 0.3) is 0 Å². The average Bonchev–Trinajstić information content (AvgIpc) is 2.92. The third-order valence-electron chi connectivity index (χ3n) is 3.72. The molecule has 19 heavy (non-hydrogen) atoms. The van der Waals surface area contributed by atoms with Crippen molar-refractivity contribution in [1.82, 2.24) is 4.90 Å². The second-order valence-electron chi connectivity index (χ2n) is 4.94. The Morgan fingerprint density at radius 2 is 1.89 bits per heavy atom. The van der Waals surface area contributed by atoms with Crippen molar-refractivity contribution in [2.24, 2.45) is 17.6 Å². The summed E-state index contributed by atoms with van der Waals surface area (Å²) in [5.74, 6) is -2.95. The highest BCUT2D eigenvalue weighted by Gasteiger charge is 2.53. The lowest BCUT2D eigenvalue weighted by molar-refractivity contribution is -0.156. The second kappa shape index (κ2) is 5.66. The number of hydrogen-bond donors (Lipinski definition) is 2. The molecule has 3 atom stereocenters. The number of rotatable bonds is 6. The van der Waals surface area contributed by atoms with E-state index in [-0.39, 0.29) is 19.6 Å². The first-order chi connectivity index (χ1) is 9.07. The molecule has 2 aliphatic heterocycles. The number of carboxylic acids is 1. The maximum absolute atomic E-state index is 12.1. The van der Waals surface area contributed by atoms with Gasteiger partial charge in [-0.2, -0.15) is 0 Å². The van der Waals surface area contributed by atoms with Crippen LogP contribution in [0.5, 0.6) is 0 Å². The van der Waals surface area contributed by atoms with Crippen molar-refractivity contribution in [3.05, 3.63) is 0 Å². The van der Waals surface area contributed by atoms with Gasteiger partial charge in [0.2, 0.25) is 11.8 Å². The van der Waals surface area contributed by atoms with Gasteiger partial charge in [0, 0.05) is 0 Å².